The molecular formula is C13H14N4O2. The summed E-state index contributed by atoms with van der Waals surface area (Å²) >= 11 is 0. The fraction of sp³-hybridized carbons (Fsp3) is 0.0769. The number of rotatable bonds is 3. The van der Waals surface area contributed by atoms with Gasteiger partial charge in [0.15, 0.2) is 0 Å². The summed E-state index contributed by atoms with van der Waals surface area (Å²) < 4.78 is 1.72. The number of nitrogens with one attached hydrogen (secondary N) is 2. The summed E-state index contributed by atoms with van der Waals surface area (Å²) in [4.78, 5) is 22.7. The molecule has 0 radical (unpaired) electrons. The lowest BCUT2D eigenvalue weighted by molar-refractivity contribution is 0.101. The molecule has 0 spiro atoms. The number of carbonyl (C=O) groups excluding carboxylic acids is 2. The topological polar surface area (TPSA) is 89.2 Å². The van der Waals surface area contributed by atoms with Crippen LogP contribution in [0.1, 0.15) is 10.5 Å². The standard InChI is InChI=1S/C13H14N4O2/c1-17-7-3-6-11(17)12(18)15-9-4-2-5-10(8-9)16-13(14)19/h2-8H,1H3,(H,15,18)(H3,14,16,19). The molecule has 0 bridgehead atoms. The van der Waals surface area contributed by atoms with Crippen LogP contribution in [0.25, 0.3) is 0 Å². The van der Waals surface area contributed by atoms with E-state index in [2.05, 4.69) is 10.6 Å². The molecule has 0 unspecified atom stereocenters. The van der Waals surface area contributed by atoms with Gasteiger partial charge in [0.25, 0.3) is 5.91 Å². The van der Waals surface area contributed by atoms with Gasteiger partial charge in [0.1, 0.15) is 5.69 Å². The summed E-state index contributed by atoms with van der Waals surface area (Å²) in [5.41, 5.74) is 6.69. The third-order valence-corrected chi connectivity index (χ3v) is 2.56. The number of anilines is 2. The molecule has 3 amide bonds. The highest BCUT2D eigenvalue weighted by Crippen LogP contribution is 2.16. The minimum atomic E-state index is -0.647. The lowest BCUT2D eigenvalue weighted by Gasteiger charge is -2.08. The summed E-state index contributed by atoms with van der Waals surface area (Å²) in [7, 11) is 1.79. The zero-order chi connectivity index (χ0) is 13.8. The first-order valence-electron chi connectivity index (χ1n) is 5.65. The zero-order valence-corrected chi connectivity index (χ0v) is 10.4. The lowest BCUT2D eigenvalue weighted by atomic mass is 10.2. The zero-order valence-electron chi connectivity index (χ0n) is 10.4. The van der Waals surface area contributed by atoms with Crippen molar-refractivity contribution in [1.82, 2.24) is 4.57 Å². The average Bonchev–Trinajstić information content (AvgIpc) is 2.75. The van der Waals surface area contributed by atoms with E-state index in [1.54, 1.807) is 54.2 Å². The van der Waals surface area contributed by atoms with Crippen LogP contribution in [-0.2, 0) is 7.05 Å². The Morgan fingerprint density at radius 1 is 1.11 bits per heavy atom. The molecule has 0 fully saturated rings. The van der Waals surface area contributed by atoms with Gasteiger partial charge in [-0.2, -0.15) is 0 Å². The van der Waals surface area contributed by atoms with E-state index in [9.17, 15) is 9.59 Å². The first kappa shape index (κ1) is 12.7. The molecular weight excluding hydrogens is 244 g/mol. The largest absolute Gasteiger partial charge is 0.351 e. The van der Waals surface area contributed by atoms with Crippen LogP contribution in [0.4, 0.5) is 16.2 Å². The van der Waals surface area contributed by atoms with Gasteiger partial charge < -0.3 is 20.9 Å². The molecule has 0 atom stereocenters. The molecule has 0 aliphatic carbocycles. The SMILES string of the molecule is Cn1cccc1C(=O)Nc1cccc(NC(N)=O)c1. The molecule has 0 aliphatic rings. The molecule has 2 rings (SSSR count). The molecule has 6 heteroatoms. The van der Waals surface area contributed by atoms with Crippen LogP contribution >= 0.6 is 0 Å². The van der Waals surface area contributed by atoms with E-state index in [1.807, 2.05) is 0 Å². The van der Waals surface area contributed by atoms with E-state index in [-0.39, 0.29) is 5.91 Å². The van der Waals surface area contributed by atoms with Gasteiger partial charge >= 0.3 is 6.03 Å². The van der Waals surface area contributed by atoms with Crippen molar-refractivity contribution in [1.29, 1.82) is 0 Å². The molecule has 1 aromatic heterocycles. The van der Waals surface area contributed by atoms with Gasteiger partial charge in [-0.3, -0.25) is 4.79 Å². The van der Waals surface area contributed by atoms with Crippen molar-refractivity contribution in [3.63, 3.8) is 0 Å². The number of nitrogens with zero attached hydrogens (tertiary/aromatic N) is 1. The summed E-state index contributed by atoms with van der Waals surface area (Å²) in [6, 6.07) is 9.62. The fourth-order valence-electron chi connectivity index (χ4n) is 1.71. The van der Waals surface area contributed by atoms with Crippen LogP contribution in [0.3, 0.4) is 0 Å². The van der Waals surface area contributed by atoms with E-state index < -0.39 is 6.03 Å². The van der Waals surface area contributed by atoms with Crippen molar-refractivity contribution >= 4 is 23.3 Å². The summed E-state index contributed by atoms with van der Waals surface area (Å²) in [6.07, 6.45) is 1.79. The Morgan fingerprint density at radius 2 is 1.79 bits per heavy atom. The maximum atomic E-state index is 12.0. The van der Waals surface area contributed by atoms with Crippen molar-refractivity contribution in [2.24, 2.45) is 12.8 Å². The summed E-state index contributed by atoms with van der Waals surface area (Å²) in [5, 5.41) is 5.19. The molecule has 19 heavy (non-hydrogen) atoms. The second-order valence-corrected chi connectivity index (χ2v) is 4.03. The van der Waals surface area contributed by atoms with Crippen LogP contribution in [0.2, 0.25) is 0 Å². The van der Waals surface area contributed by atoms with Gasteiger partial charge in [-0.1, -0.05) is 6.07 Å². The molecule has 6 nitrogen and oxygen atoms in total. The number of carbonyl (C=O) groups is 2. The van der Waals surface area contributed by atoms with Crippen LogP contribution in [0.5, 0.6) is 0 Å². The maximum absolute atomic E-state index is 12.0. The number of urea groups is 1. The summed E-state index contributed by atoms with van der Waals surface area (Å²) in [6.45, 7) is 0. The molecule has 1 aromatic carbocycles. The first-order chi connectivity index (χ1) is 9.06. The minimum Gasteiger partial charge on any atom is -0.351 e. The molecule has 1 heterocycles. The Balaban J connectivity index is 2.13. The number of nitrogens with two attached hydrogens (primary N) is 1. The molecule has 2 aromatic rings. The van der Waals surface area contributed by atoms with Gasteiger partial charge in [-0.05, 0) is 30.3 Å². The highest BCUT2D eigenvalue weighted by atomic mass is 16.2. The predicted octanol–water partition coefficient (Wildman–Crippen LogP) is 1.77. The van der Waals surface area contributed by atoms with Gasteiger partial charge in [-0.25, -0.2) is 4.79 Å². The van der Waals surface area contributed by atoms with Gasteiger partial charge in [0, 0.05) is 24.6 Å². The molecule has 4 N–H and O–H groups in total. The third-order valence-electron chi connectivity index (χ3n) is 2.56. The normalized spacial score (nSPS) is 9.95. The smallest absolute Gasteiger partial charge is 0.316 e. The van der Waals surface area contributed by atoms with E-state index in [4.69, 9.17) is 5.73 Å². The number of amides is 3. The fourth-order valence-corrected chi connectivity index (χ4v) is 1.71. The lowest BCUT2D eigenvalue weighted by Crippen LogP contribution is -2.19. The number of benzene rings is 1. The van der Waals surface area contributed by atoms with Crippen molar-refractivity contribution in [2.75, 3.05) is 10.6 Å². The van der Waals surface area contributed by atoms with Crippen LogP contribution in [-0.4, -0.2) is 16.5 Å². The minimum absolute atomic E-state index is 0.219. The second kappa shape index (κ2) is 5.26. The highest BCUT2D eigenvalue weighted by Gasteiger charge is 2.09. The Hall–Kier alpha value is -2.76. The second-order valence-electron chi connectivity index (χ2n) is 4.03. The van der Waals surface area contributed by atoms with Gasteiger partial charge in [0.2, 0.25) is 0 Å². The van der Waals surface area contributed by atoms with E-state index in [0.29, 0.717) is 17.1 Å². The monoisotopic (exact) mass is 258 g/mol. The van der Waals surface area contributed by atoms with E-state index in [0.717, 1.165) is 0 Å². The quantitative estimate of drug-likeness (QED) is 0.783. The van der Waals surface area contributed by atoms with E-state index >= 15 is 0 Å². The molecule has 0 saturated heterocycles. The highest BCUT2D eigenvalue weighted by molar-refractivity contribution is 6.03. The predicted molar refractivity (Wildman–Crippen MR) is 73.0 cm³/mol. The van der Waals surface area contributed by atoms with Crippen LogP contribution < -0.4 is 16.4 Å². The van der Waals surface area contributed by atoms with E-state index in [1.165, 1.54) is 0 Å². The van der Waals surface area contributed by atoms with Crippen molar-refractivity contribution in [3.05, 3.63) is 48.3 Å². The summed E-state index contributed by atoms with van der Waals surface area (Å²) in [5.74, 6) is -0.219. The molecule has 0 saturated carbocycles. The number of hydrogen-bond acceptors (Lipinski definition) is 2. The van der Waals surface area contributed by atoms with Gasteiger partial charge in [0.05, 0.1) is 0 Å². The van der Waals surface area contributed by atoms with Gasteiger partial charge in [-0.15, -0.1) is 0 Å². The number of aryl methyl sites for hydroxylation is 1. The van der Waals surface area contributed by atoms with Crippen molar-refractivity contribution in [2.45, 2.75) is 0 Å². The number of primary amides is 1. The Morgan fingerprint density at radius 3 is 2.37 bits per heavy atom. The van der Waals surface area contributed by atoms with Crippen LogP contribution in [0, 0.1) is 0 Å². The Bertz CT molecular complexity index is 619. The number of aromatic nitrogens is 1. The third kappa shape index (κ3) is 3.12. The van der Waals surface area contributed by atoms with Crippen molar-refractivity contribution < 1.29 is 9.59 Å². The average molecular weight is 258 g/mol. The number of hydrogen-bond donors (Lipinski definition) is 3. The van der Waals surface area contributed by atoms with Crippen LogP contribution in [0.15, 0.2) is 42.6 Å². The maximum Gasteiger partial charge on any atom is 0.316 e. The molecule has 0 aliphatic heterocycles. The first-order valence-corrected chi connectivity index (χ1v) is 5.65. The molecule has 98 valence electrons. The Labute approximate surface area is 110 Å². The van der Waals surface area contributed by atoms with Crippen molar-refractivity contribution in [3.8, 4) is 0 Å². The Kier molecular flexibility index (Phi) is 3.51.